The van der Waals surface area contributed by atoms with Gasteiger partial charge in [-0.05, 0) is 24.8 Å². The minimum Gasteiger partial charge on any atom is -0.103 e. The van der Waals surface area contributed by atoms with Crippen LogP contribution in [0, 0.1) is 11.8 Å². The van der Waals surface area contributed by atoms with Crippen LogP contribution in [-0.4, -0.2) is 0 Å². The Morgan fingerprint density at radius 1 is 0.538 bits per heavy atom. The molecule has 0 heteroatoms. The molecule has 0 radical (unpaired) electrons. The van der Waals surface area contributed by atoms with Gasteiger partial charge in [0.05, 0.1) is 0 Å². The highest BCUT2D eigenvalue weighted by atomic mass is 14.0. The van der Waals surface area contributed by atoms with Gasteiger partial charge < -0.3 is 0 Å². The standard InChI is InChI=1S/C26H42/c1-2-3-4-5-6-7-8-9-10-11-12-13-14-15-16-17-18-20-23-26-24-21-19-22-25-26/h19,21-22,24-25H,2-15,18,20,23H2,1H3. The zero-order valence-corrected chi connectivity index (χ0v) is 17.4. The second-order valence-electron chi connectivity index (χ2n) is 7.69. The molecule has 0 aliphatic carbocycles. The number of benzene rings is 1. The molecule has 0 unspecified atom stereocenters. The summed E-state index contributed by atoms with van der Waals surface area (Å²) in [5.41, 5.74) is 1.44. The van der Waals surface area contributed by atoms with Gasteiger partial charge in [-0.25, -0.2) is 0 Å². The maximum absolute atomic E-state index is 3.36. The second kappa shape index (κ2) is 18.6. The van der Waals surface area contributed by atoms with Crippen LogP contribution in [0.15, 0.2) is 30.3 Å². The van der Waals surface area contributed by atoms with Crippen LogP contribution in [0.5, 0.6) is 0 Å². The maximum atomic E-state index is 3.36. The number of unbranched alkanes of at least 4 members (excludes halogenated alkanes) is 14. The van der Waals surface area contributed by atoms with Crippen molar-refractivity contribution >= 4 is 0 Å². The number of rotatable bonds is 16. The first kappa shape index (κ1) is 22.8. The van der Waals surface area contributed by atoms with E-state index in [1.54, 1.807) is 0 Å². The molecule has 0 aromatic heterocycles. The molecule has 0 fully saturated rings. The van der Waals surface area contributed by atoms with E-state index < -0.39 is 0 Å². The van der Waals surface area contributed by atoms with Crippen LogP contribution in [0.3, 0.4) is 0 Å². The van der Waals surface area contributed by atoms with Gasteiger partial charge in [-0.1, -0.05) is 114 Å². The van der Waals surface area contributed by atoms with Crippen molar-refractivity contribution in [1.82, 2.24) is 0 Å². The third kappa shape index (κ3) is 15.1. The summed E-state index contributed by atoms with van der Waals surface area (Å²) in [6.45, 7) is 2.29. The number of hydrogen-bond donors (Lipinski definition) is 0. The molecular weight excluding hydrogens is 312 g/mol. The fraction of sp³-hybridized carbons (Fsp3) is 0.692. The van der Waals surface area contributed by atoms with Gasteiger partial charge in [-0.2, -0.15) is 0 Å². The normalized spacial score (nSPS) is 10.5. The molecule has 0 aliphatic heterocycles. The largest absolute Gasteiger partial charge is 0.103 e. The Bertz CT molecular complexity index is 448. The Hall–Kier alpha value is -1.22. The van der Waals surface area contributed by atoms with E-state index in [9.17, 15) is 0 Å². The van der Waals surface area contributed by atoms with E-state index in [0.717, 1.165) is 19.3 Å². The van der Waals surface area contributed by atoms with Crippen LogP contribution in [0.25, 0.3) is 0 Å². The summed E-state index contributed by atoms with van der Waals surface area (Å²) in [6.07, 6.45) is 23.0. The van der Waals surface area contributed by atoms with Crippen molar-refractivity contribution in [3.05, 3.63) is 35.9 Å². The molecule has 26 heavy (non-hydrogen) atoms. The maximum Gasteiger partial charge on any atom is 0.00918 e. The molecule has 0 aliphatic rings. The van der Waals surface area contributed by atoms with Crippen LogP contribution < -0.4 is 0 Å². The molecule has 0 atom stereocenters. The van der Waals surface area contributed by atoms with Gasteiger partial charge >= 0.3 is 0 Å². The topological polar surface area (TPSA) is 0 Å². The molecule has 0 bridgehead atoms. The summed E-state index contributed by atoms with van der Waals surface area (Å²) in [5.74, 6) is 6.71. The number of hydrogen-bond acceptors (Lipinski definition) is 0. The molecule has 1 rings (SSSR count). The highest BCUT2D eigenvalue weighted by Crippen LogP contribution is 2.12. The van der Waals surface area contributed by atoms with E-state index in [-0.39, 0.29) is 0 Å². The predicted molar refractivity (Wildman–Crippen MR) is 117 cm³/mol. The first-order valence-corrected chi connectivity index (χ1v) is 11.4. The van der Waals surface area contributed by atoms with Gasteiger partial charge in [-0.15, -0.1) is 11.8 Å². The molecule has 146 valence electrons. The minimum absolute atomic E-state index is 1.05. The van der Waals surface area contributed by atoms with E-state index in [1.165, 1.54) is 95.5 Å². The van der Waals surface area contributed by atoms with Gasteiger partial charge in [0.1, 0.15) is 0 Å². The van der Waals surface area contributed by atoms with Crippen molar-refractivity contribution in [2.45, 2.75) is 116 Å². The molecule has 0 saturated heterocycles. The molecule has 1 aromatic rings. The van der Waals surface area contributed by atoms with Crippen LogP contribution >= 0.6 is 0 Å². The predicted octanol–water partition coefficient (Wildman–Crippen LogP) is 8.49. The van der Waals surface area contributed by atoms with Crippen LogP contribution in [-0.2, 0) is 6.42 Å². The SMILES string of the molecule is CCCCCCCCCCCCCCCC#CCCCc1ccccc1. The summed E-state index contributed by atoms with van der Waals surface area (Å²) in [5, 5.41) is 0. The second-order valence-corrected chi connectivity index (χ2v) is 7.69. The van der Waals surface area contributed by atoms with Gasteiger partial charge in [0.15, 0.2) is 0 Å². The lowest BCUT2D eigenvalue weighted by Crippen LogP contribution is -1.83. The molecule has 1 aromatic carbocycles. The van der Waals surface area contributed by atoms with Gasteiger partial charge in [0, 0.05) is 12.8 Å². The van der Waals surface area contributed by atoms with E-state index in [4.69, 9.17) is 0 Å². The van der Waals surface area contributed by atoms with Crippen molar-refractivity contribution in [2.24, 2.45) is 0 Å². The number of aryl methyl sites for hydroxylation is 1. The summed E-state index contributed by atoms with van der Waals surface area (Å²) < 4.78 is 0. The molecule has 0 N–H and O–H groups in total. The van der Waals surface area contributed by atoms with Gasteiger partial charge in [0.25, 0.3) is 0 Å². The fourth-order valence-electron chi connectivity index (χ4n) is 3.43. The monoisotopic (exact) mass is 354 g/mol. The first-order chi connectivity index (χ1) is 12.9. The Labute approximate surface area is 164 Å². The first-order valence-electron chi connectivity index (χ1n) is 11.4. The summed E-state index contributed by atoms with van der Waals surface area (Å²) in [7, 11) is 0. The van der Waals surface area contributed by atoms with Gasteiger partial charge in [0.2, 0.25) is 0 Å². The van der Waals surface area contributed by atoms with E-state index in [1.807, 2.05) is 0 Å². The Morgan fingerprint density at radius 2 is 1.00 bits per heavy atom. The molecule has 0 spiro atoms. The lowest BCUT2D eigenvalue weighted by atomic mass is 10.0. The zero-order chi connectivity index (χ0) is 18.5. The van der Waals surface area contributed by atoms with E-state index >= 15 is 0 Å². The van der Waals surface area contributed by atoms with Gasteiger partial charge in [-0.3, -0.25) is 0 Å². The van der Waals surface area contributed by atoms with E-state index in [0.29, 0.717) is 0 Å². The van der Waals surface area contributed by atoms with Crippen molar-refractivity contribution in [3.8, 4) is 11.8 Å². The third-order valence-corrected chi connectivity index (χ3v) is 5.14. The van der Waals surface area contributed by atoms with Crippen molar-refractivity contribution in [3.63, 3.8) is 0 Å². The summed E-state index contributed by atoms with van der Waals surface area (Å²) >= 11 is 0. The zero-order valence-electron chi connectivity index (χ0n) is 17.4. The minimum atomic E-state index is 1.05. The van der Waals surface area contributed by atoms with Crippen LogP contribution in [0.1, 0.15) is 115 Å². The highest BCUT2D eigenvalue weighted by Gasteiger charge is 1.93. The van der Waals surface area contributed by atoms with Crippen molar-refractivity contribution in [1.29, 1.82) is 0 Å². The molecular formula is C26H42. The molecule has 0 saturated carbocycles. The fourth-order valence-corrected chi connectivity index (χ4v) is 3.43. The average Bonchev–Trinajstić information content (AvgIpc) is 2.68. The van der Waals surface area contributed by atoms with Crippen molar-refractivity contribution < 1.29 is 0 Å². The Kier molecular flexibility index (Phi) is 16.3. The lowest BCUT2D eigenvalue weighted by molar-refractivity contribution is 0.540. The highest BCUT2D eigenvalue weighted by molar-refractivity contribution is 5.14. The van der Waals surface area contributed by atoms with Crippen LogP contribution in [0.4, 0.5) is 0 Å². The lowest BCUT2D eigenvalue weighted by Gasteiger charge is -2.02. The molecule has 0 amide bonds. The van der Waals surface area contributed by atoms with E-state index in [2.05, 4.69) is 49.1 Å². The summed E-state index contributed by atoms with van der Waals surface area (Å²) in [6, 6.07) is 10.7. The van der Waals surface area contributed by atoms with Crippen molar-refractivity contribution in [2.75, 3.05) is 0 Å². The molecule has 0 nitrogen and oxygen atoms in total. The van der Waals surface area contributed by atoms with Crippen LogP contribution in [0.2, 0.25) is 0 Å². The average molecular weight is 355 g/mol. The quantitative estimate of drug-likeness (QED) is 0.206. The smallest absolute Gasteiger partial charge is 0.00918 e. The molecule has 0 heterocycles. The third-order valence-electron chi connectivity index (χ3n) is 5.14. The Balaban J connectivity index is 1.76. The summed E-state index contributed by atoms with van der Waals surface area (Å²) in [4.78, 5) is 0. The Morgan fingerprint density at radius 3 is 1.54 bits per heavy atom.